The third-order valence-corrected chi connectivity index (χ3v) is 7.42. The second-order valence-corrected chi connectivity index (χ2v) is 10.1. The number of benzene rings is 2. The third kappa shape index (κ3) is 5.76. The smallest absolute Gasteiger partial charge is 0.258 e. The zero-order valence-electron chi connectivity index (χ0n) is 22.4. The van der Waals surface area contributed by atoms with Gasteiger partial charge in [0.2, 0.25) is 0 Å². The molecule has 2 heterocycles. The SMILES string of the molecule is CC#CC(O)N1CCC[C@H]1COc1c(N)ncnc1-c1cc(F)cc(NC(=O)c2ccc(C3CC3)cc2F)c1C. The van der Waals surface area contributed by atoms with Gasteiger partial charge in [-0.1, -0.05) is 12.0 Å². The van der Waals surface area contributed by atoms with E-state index in [0.29, 0.717) is 23.6 Å². The van der Waals surface area contributed by atoms with Crippen molar-refractivity contribution in [2.24, 2.45) is 0 Å². The summed E-state index contributed by atoms with van der Waals surface area (Å²) < 4.78 is 35.7. The van der Waals surface area contributed by atoms with Crippen LogP contribution in [-0.4, -0.2) is 51.3 Å². The summed E-state index contributed by atoms with van der Waals surface area (Å²) >= 11 is 0. The number of hydrogen-bond acceptors (Lipinski definition) is 7. The minimum Gasteiger partial charge on any atom is -0.486 e. The Morgan fingerprint density at radius 2 is 2.05 bits per heavy atom. The molecular weight excluding hydrogens is 516 g/mol. The summed E-state index contributed by atoms with van der Waals surface area (Å²) in [5.74, 6) is 4.12. The number of nitrogens with two attached hydrogens (primary N) is 1. The van der Waals surface area contributed by atoms with Gasteiger partial charge in [-0.05, 0) is 80.8 Å². The number of hydrogen-bond donors (Lipinski definition) is 3. The van der Waals surface area contributed by atoms with Crippen LogP contribution in [0.25, 0.3) is 11.3 Å². The Labute approximate surface area is 231 Å². The zero-order valence-corrected chi connectivity index (χ0v) is 22.4. The van der Waals surface area contributed by atoms with E-state index in [4.69, 9.17) is 10.5 Å². The number of carbonyl (C=O) groups is 1. The molecule has 1 aliphatic heterocycles. The number of halogens is 2. The van der Waals surface area contributed by atoms with Gasteiger partial charge >= 0.3 is 0 Å². The molecule has 40 heavy (non-hydrogen) atoms. The first-order valence-corrected chi connectivity index (χ1v) is 13.3. The van der Waals surface area contributed by atoms with Gasteiger partial charge in [-0.15, -0.1) is 5.92 Å². The summed E-state index contributed by atoms with van der Waals surface area (Å²) in [7, 11) is 0. The lowest BCUT2D eigenvalue weighted by Gasteiger charge is -2.26. The summed E-state index contributed by atoms with van der Waals surface area (Å²) in [6, 6.07) is 6.93. The highest BCUT2D eigenvalue weighted by molar-refractivity contribution is 6.05. The zero-order chi connectivity index (χ0) is 28.4. The average Bonchev–Trinajstić information content (AvgIpc) is 3.67. The standard InChI is InChI=1S/C30H31F2N5O3/c1-3-5-26(38)37-11-4-6-21(37)15-40-28-27(34-16-35-29(28)33)23-13-20(31)14-25(17(23)2)36-30(39)22-10-9-19(12-24(22)32)18-7-8-18/h9-10,12-14,16,18,21,26,38H,4,6-8,11,15H2,1-2H3,(H,36,39)(H2,33,34,35)/t21-,26?/m0/s1. The Balaban J connectivity index is 1.40. The van der Waals surface area contributed by atoms with Gasteiger partial charge in [0, 0.05) is 23.8 Å². The first kappa shape index (κ1) is 27.5. The van der Waals surface area contributed by atoms with Gasteiger partial charge in [-0.2, -0.15) is 0 Å². The molecule has 2 aromatic carbocycles. The second-order valence-electron chi connectivity index (χ2n) is 10.1. The average molecular weight is 548 g/mol. The highest BCUT2D eigenvalue weighted by Crippen LogP contribution is 2.41. The quantitative estimate of drug-likeness (QED) is 0.353. The summed E-state index contributed by atoms with van der Waals surface area (Å²) in [6.07, 6.45) is 4.04. The van der Waals surface area contributed by atoms with Crippen LogP contribution in [0.1, 0.15) is 60.0 Å². The number of aromatic nitrogens is 2. The molecule has 8 nitrogen and oxygen atoms in total. The van der Waals surface area contributed by atoms with Crippen LogP contribution in [0.15, 0.2) is 36.7 Å². The predicted octanol–water partition coefficient (Wildman–Crippen LogP) is 4.63. The number of nitrogen functional groups attached to an aromatic ring is 1. The van der Waals surface area contributed by atoms with E-state index in [1.807, 2.05) is 4.90 Å². The number of nitrogens with one attached hydrogen (secondary N) is 1. The van der Waals surface area contributed by atoms with Crippen LogP contribution in [0, 0.1) is 30.4 Å². The summed E-state index contributed by atoms with van der Waals surface area (Å²) in [6.45, 7) is 4.21. The maximum Gasteiger partial charge on any atom is 0.258 e. The fraction of sp³-hybridized carbons (Fsp3) is 0.367. The number of nitrogens with zero attached hydrogens (tertiary/aromatic N) is 3. The molecule has 4 N–H and O–H groups in total. The summed E-state index contributed by atoms with van der Waals surface area (Å²) in [4.78, 5) is 23.2. The Morgan fingerprint density at radius 1 is 1.25 bits per heavy atom. The Bertz CT molecular complexity index is 1500. The van der Waals surface area contributed by atoms with Gasteiger partial charge in [0.15, 0.2) is 17.8 Å². The Morgan fingerprint density at radius 3 is 2.77 bits per heavy atom. The molecule has 1 unspecified atom stereocenters. The second kappa shape index (κ2) is 11.6. The lowest BCUT2D eigenvalue weighted by atomic mass is 10.0. The summed E-state index contributed by atoms with van der Waals surface area (Å²) in [5.41, 5.74) is 8.15. The topological polar surface area (TPSA) is 114 Å². The molecule has 2 atom stereocenters. The Hall–Kier alpha value is -4.07. The fourth-order valence-corrected chi connectivity index (χ4v) is 5.10. The van der Waals surface area contributed by atoms with E-state index in [9.17, 15) is 18.7 Å². The van der Waals surface area contributed by atoms with E-state index < -0.39 is 23.8 Å². The van der Waals surface area contributed by atoms with Crippen molar-refractivity contribution >= 4 is 17.4 Å². The van der Waals surface area contributed by atoms with Crippen LogP contribution in [0.5, 0.6) is 5.75 Å². The minimum absolute atomic E-state index is 0.0653. The number of rotatable bonds is 8. The largest absolute Gasteiger partial charge is 0.486 e. The van der Waals surface area contributed by atoms with Gasteiger partial charge in [0.05, 0.1) is 5.56 Å². The van der Waals surface area contributed by atoms with Crippen LogP contribution in [0.2, 0.25) is 0 Å². The van der Waals surface area contributed by atoms with Crippen molar-refractivity contribution in [3.8, 4) is 28.8 Å². The van der Waals surface area contributed by atoms with Crippen molar-refractivity contribution < 1.29 is 23.4 Å². The van der Waals surface area contributed by atoms with Crippen molar-refractivity contribution in [3.63, 3.8) is 0 Å². The van der Waals surface area contributed by atoms with Gasteiger partial charge < -0.3 is 20.9 Å². The van der Waals surface area contributed by atoms with Gasteiger partial charge in [-0.25, -0.2) is 18.7 Å². The number of amides is 1. The molecule has 10 heteroatoms. The Kier molecular flexibility index (Phi) is 7.96. The molecule has 1 aromatic heterocycles. The van der Waals surface area contributed by atoms with E-state index >= 15 is 0 Å². The highest BCUT2D eigenvalue weighted by Gasteiger charge is 2.30. The van der Waals surface area contributed by atoms with Crippen LogP contribution in [-0.2, 0) is 0 Å². The monoisotopic (exact) mass is 547 g/mol. The van der Waals surface area contributed by atoms with E-state index in [0.717, 1.165) is 31.2 Å². The number of aliphatic hydroxyl groups excluding tert-OH is 1. The molecule has 208 valence electrons. The van der Waals surface area contributed by atoms with Gasteiger partial charge in [0.25, 0.3) is 5.91 Å². The number of anilines is 2. The van der Waals surface area contributed by atoms with Crippen molar-refractivity contribution in [2.75, 3.05) is 24.2 Å². The van der Waals surface area contributed by atoms with E-state index in [1.165, 1.54) is 30.6 Å². The molecule has 2 fully saturated rings. The summed E-state index contributed by atoms with van der Waals surface area (Å²) in [5, 5.41) is 13.0. The van der Waals surface area contributed by atoms with Crippen LogP contribution < -0.4 is 15.8 Å². The minimum atomic E-state index is -0.906. The van der Waals surface area contributed by atoms with Gasteiger partial charge in [-0.3, -0.25) is 9.69 Å². The van der Waals surface area contributed by atoms with E-state index in [1.54, 1.807) is 19.9 Å². The van der Waals surface area contributed by atoms with Crippen LogP contribution >= 0.6 is 0 Å². The highest BCUT2D eigenvalue weighted by atomic mass is 19.1. The molecule has 0 bridgehead atoms. The molecule has 5 rings (SSSR count). The number of carbonyl (C=O) groups excluding carboxylic acids is 1. The first-order valence-electron chi connectivity index (χ1n) is 13.3. The molecular formula is C30H31F2N5O3. The van der Waals surface area contributed by atoms with Crippen molar-refractivity contribution in [3.05, 3.63) is 65.0 Å². The van der Waals surface area contributed by atoms with Gasteiger partial charge in [0.1, 0.15) is 30.3 Å². The molecule has 1 saturated heterocycles. The normalized spacial score (nSPS) is 17.7. The number of ether oxygens (including phenoxy) is 1. The number of aliphatic hydroxyl groups is 1. The van der Waals surface area contributed by atoms with Crippen LogP contribution in [0.4, 0.5) is 20.3 Å². The predicted molar refractivity (Wildman–Crippen MR) is 148 cm³/mol. The first-order chi connectivity index (χ1) is 19.3. The maximum atomic E-state index is 14.9. The molecule has 1 aliphatic carbocycles. The van der Waals surface area contributed by atoms with Crippen molar-refractivity contribution in [1.82, 2.24) is 14.9 Å². The molecule has 0 spiro atoms. The third-order valence-electron chi connectivity index (χ3n) is 7.42. The number of likely N-dealkylation sites (tertiary alicyclic amines) is 1. The van der Waals surface area contributed by atoms with E-state index in [2.05, 4.69) is 27.1 Å². The van der Waals surface area contributed by atoms with Crippen LogP contribution in [0.3, 0.4) is 0 Å². The van der Waals surface area contributed by atoms with Crippen molar-refractivity contribution in [1.29, 1.82) is 0 Å². The molecule has 3 aromatic rings. The maximum absolute atomic E-state index is 14.9. The lowest BCUT2D eigenvalue weighted by molar-refractivity contribution is 0.0250. The molecule has 1 saturated carbocycles. The fourth-order valence-electron chi connectivity index (χ4n) is 5.10. The van der Waals surface area contributed by atoms with Crippen molar-refractivity contribution in [2.45, 2.75) is 57.7 Å². The van der Waals surface area contributed by atoms with E-state index in [-0.39, 0.29) is 41.2 Å². The molecule has 0 radical (unpaired) electrons. The molecule has 1 amide bonds. The molecule has 2 aliphatic rings. The lowest BCUT2D eigenvalue weighted by Crippen LogP contribution is -2.41.